The summed E-state index contributed by atoms with van der Waals surface area (Å²) in [5.74, 6) is -0.404. The molecule has 0 saturated heterocycles. The molecule has 0 spiro atoms. The molecule has 0 fully saturated rings. The van der Waals surface area contributed by atoms with Crippen LogP contribution in [0.25, 0.3) is 0 Å². The number of hydrogen-bond donors (Lipinski definition) is 0. The van der Waals surface area contributed by atoms with Gasteiger partial charge in [-0.05, 0) is 52.3 Å². The molecule has 0 saturated carbocycles. The van der Waals surface area contributed by atoms with Gasteiger partial charge in [-0.1, -0.05) is 0 Å². The van der Waals surface area contributed by atoms with Crippen molar-refractivity contribution >= 4 is 21.7 Å². The van der Waals surface area contributed by atoms with Gasteiger partial charge in [-0.3, -0.25) is 4.79 Å². The maximum absolute atomic E-state index is 13.3. The number of hydrogen-bond acceptors (Lipinski definition) is 3. The van der Waals surface area contributed by atoms with E-state index in [2.05, 4.69) is 15.9 Å². The molecule has 0 bridgehead atoms. The van der Waals surface area contributed by atoms with Crippen molar-refractivity contribution in [2.45, 2.75) is 0 Å². The summed E-state index contributed by atoms with van der Waals surface area (Å²) >= 11 is 3.04. The fourth-order valence-electron chi connectivity index (χ4n) is 1.53. The summed E-state index contributed by atoms with van der Waals surface area (Å²) in [5, 5.41) is 8.67. The Bertz CT molecular complexity index is 677. The lowest BCUT2D eigenvalue weighted by Crippen LogP contribution is -2.11. The van der Waals surface area contributed by atoms with Crippen LogP contribution in [0.3, 0.4) is 0 Å². The Morgan fingerprint density at radius 2 is 1.95 bits per heavy atom. The highest BCUT2D eigenvalue weighted by molar-refractivity contribution is 9.10. The smallest absolute Gasteiger partial charge is 0.200 e. The second-order valence-corrected chi connectivity index (χ2v) is 4.83. The second kappa shape index (κ2) is 6.31. The molecule has 3 nitrogen and oxygen atoms in total. The first-order chi connectivity index (χ1) is 9.60. The molecule has 0 amide bonds. The topological polar surface area (TPSA) is 50.1 Å². The van der Waals surface area contributed by atoms with Gasteiger partial charge < -0.3 is 4.74 Å². The monoisotopic (exact) mass is 333 g/mol. The normalized spacial score (nSPS) is 9.85. The van der Waals surface area contributed by atoms with Gasteiger partial charge in [0.1, 0.15) is 11.6 Å². The van der Waals surface area contributed by atoms with Gasteiger partial charge in [-0.15, -0.1) is 0 Å². The van der Waals surface area contributed by atoms with Gasteiger partial charge in [0.25, 0.3) is 0 Å². The highest BCUT2D eigenvalue weighted by atomic mass is 79.9. The first-order valence-electron chi connectivity index (χ1n) is 5.71. The van der Waals surface area contributed by atoms with E-state index in [1.54, 1.807) is 30.3 Å². The summed E-state index contributed by atoms with van der Waals surface area (Å²) in [6, 6.07) is 12.5. The third kappa shape index (κ3) is 3.43. The van der Waals surface area contributed by atoms with Crippen LogP contribution in [0.5, 0.6) is 5.75 Å². The summed E-state index contributed by atoms with van der Waals surface area (Å²) in [6.45, 7) is -0.188. The highest BCUT2D eigenvalue weighted by Crippen LogP contribution is 2.21. The fourth-order valence-corrected chi connectivity index (χ4v) is 1.78. The molecule has 0 aliphatic heterocycles. The summed E-state index contributed by atoms with van der Waals surface area (Å²) < 4.78 is 18.8. The Kier molecular flexibility index (Phi) is 4.49. The van der Waals surface area contributed by atoms with Crippen LogP contribution in [0.15, 0.2) is 46.9 Å². The Hall–Kier alpha value is -2.19. The van der Waals surface area contributed by atoms with Crippen LogP contribution in [0, 0.1) is 17.1 Å². The Labute approximate surface area is 123 Å². The minimum absolute atomic E-state index is 0.188. The van der Waals surface area contributed by atoms with Gasteiger partial charge >= 0.3 is 0 Å². The average molecular weight is 334 g/mol. The van der Waals surface area contributed by atoms with E-state index in [-0.39, 0.29) is 18.1 Å². The summed E-state index contributed by atoms with van der Waals surface area (Å²) in [7, 11) is 0. The number of Topliss-reactive ketones (excluding diaryl/α,β-unsaturated/α-hetero) is 1. The molecule has 5 heteroatoms. The largest absolute Gasteiger partial charge is 0.485 e. The summed E-state index contributed by atoms with van der Waals surface area (Å²) in [6.07, 6.45) is 0. The van der Waals surface area contributed by atoms with Gasteiger partial charge in [0.15, 0.2) is 12.4 Å². The van der Waals surface area contributed by atoms with E-state index in [0.717, 1.165) is 0 Å². The van der Waals surface area contributed by atoms with E-state index in [1.807, 2.05) is 6.07 Å². The zero-order chi connectivity index (χ0) is 14.5. The van der Waals surface area contributed by atoms with Crippen LogP contribution in [-0.2, 0) is 0 Å². The Morgan fingerprint density at radius 3 is 2.55 bits per heavy atom. The molecule has 2 rings (SSSR count). The molecule has 0 aliphatic rings. The van der Waals surface area contributed by atoms with Gasteiger partial charge in [0.05, 0.1) is 16.1 Å². The maximum atomic E-state index is 13.3. The molecular formula is C15H9BrFNO2. The third-order valence-electron chi connectivity index (χ3n) is 2.60. The van der Waals surface area contributed by atoms with Crippen LogP contribution < -0.4 is 4.74 Å². The van der Waals surface area contributed by atoms with Crippen molar-refractivity contribution in [3.05, 3.63) is 63.9 Å². The van der Waals surface area contributed by atoms with E-state index in [0.29, 0.717) is 15.6 Å². The molecule has 0 aliphatic carbocycles. The zero-order valence-corrected chi connectivity index (χ0v) is 11.9. The van der Waals surface area contributed by atoms with E-state index in [4.69, 9.17) is 10.00 Å². The fraction of sp³-hybridized carbons (Fsp3) is 0.0667. The SMILES string of the molecule is N#Cc1ccc(C(=O)COc2ccc(Br)c(F)c2)cc1. The van der Waals surface area contributed by atoms with Crippen LogP contribution in [0.1, 0.15) is 15.9 Å². The standard InChI is InChI=1S/C15H9BrFNO2/c16-13-6-5-12(7-14(13)17)20-9-15(19)11-3-1-10(8-18)2-4-11/h1-7H,9H2. The molecule has 0 unspecified atom stereocenters. The molecule has 0 N–H and O–H groups in total. The van der Waals surface area contributed by atoms with Crippen LogP contribution in [0.2, 0.25) is 0 Å². The van der Waals surface area contributed by atoms with Gasteiger partial charge in [-0.25, -0.2) is 4.39 Å². The van der Waals surface area contributed by atoms with Gasteiger partial charge in [0.2, 0.25) is 0 Å². The van der Waals surface area contributed by atoms with Crippen molar-refractivity contribution < 1.29 is 13.9 Å². The second-order valence-electron chi connectivity index (χ2n) is 3.98. The van der Waals surface area contributed by atoms with Crippen molar-refractivity contribution in [1.82, 2.24) is 0 Å². The van der Waals surface area contributed by atoms with E-state index < -0.39 is 5.82 Å². The molecule has 0 atom stereocenters. The minimum Gasteiger partial charge on any atom is -0.485 e. The third-order valence-corrected chi connectivity index (χ3v) is 3.24. The number of benzene rings is 2. The first kappa shape index (κ1) is 14.2. The molecule has 0 aromatic heterocycles. The number of ketones is 1. The molecule has 0 radical (unpaired) electrons. The summed E-state index contributed by atoms with van der Waals surface area (Å²) in [5.41, 5.74) is 0.930. The van der Waals surface area contributed by atoms with Crippen LogP contribution >= 0.6 is 15.9 Å². The Morgan fingerprint density at radius 1 is 1.25 bits per heavy atom. The first-order valence-corrected chi connectivity index (χ1v) is 6.50. The lowest BCUT2D eigenvalue weighted by Gasteiger charge is -2.06. The summed E-state index contributed by atoms with van der Waals surface area (Å²) in [4.78, 5) is 11.9. The van der Waals surface area contributed by atoms with Crippen molar-refractivity contribution in [3.8, 4) is 11.8 Å². The van der Waals surface area contributed by atoms with Crippen molar-refractivity contribution in [1.29, 1.82) is 5.26 Å². The highest BCUT2D eigenvalue weighted by Gasteiger charge is 2.08. The van der Waals surface area contributed by atoms with Crippen molar-refractivity contribution in [2.24, 2.45) is 0 Å². The van der Waals surface area contributed by atoms with Crippen LogP contribution in [0.4, 0.5) is 4.39 Å². The average Bonchev–Trinajstić information content (AvgIpc) is 2.48. The lowest BCUT2D eigenvalue weighted by molar-refractivity contribution is 0.0921. The molecule has 0 heterocycles. The molecule has 2 aromatic carbocycles. The molecule has 20 heavy (non-hydrogen) atoms. The van der Waals surface area contributed by atoms with E-state index in [1.165, 1.54) is 12.1 Å². The number of rotatable bonds is 4. The Balaban J connectivity index is 2.01. The van der Waals surface area contributed by atoms with Crippen LogP contribution in [-0.4, -0.2) is 12.4 Å². The lowest BCUT2D eigenvalue weighted by atomic mass is 10.1. The minimum atomic E-state index is -0.451. The zero-order valence-electron chi connectivity index (χ0n) is 10.3. The molecule has 100 valence electrons. The van der Waals surface area contributed by atoms with Crippen molar-refractivity contribution in [2.75, 3.05) is 6.61 Å². The van der Waals surface area contributed by atoms with Crippen molar-refractivity contribution in [3.63, 3.8) is 0 Å². The number of ether oxygens (including phenoxy) is 1. The molecule has 2 aromatic rings. The van der Waals surface area contributed by atoms with Gasteiger partial charge in [0, 0.05) is 11.6 Å². The number of carbonyl (C=O) groups excluding carboxylic acids is 1. The maximum Gasteiger partial charge on any atom is 0.200 e. The predicted octanol–water partition coefficient (Wildman–Crippen LogP) is 3.72. The van der Waals surface area contributed by atoms with Gasteiger partial charge in [-0.2, -0.15) is 5.26 Å². The quantitative estimate of drug-likeness (QED) is 0.801. The number of halogens is 2. The molecular weight excluding hydrogens is 325 g/mol. The van der Waals surface area contributed by atoms with E-state index in [9.17, 15) is 9.18 Å². The number of nitriles is 1. The number of carbonyl (C=O) groups is 1. The van der Waals surface area contributed by atoms with E-state index >= 15 is 0 Å². The number of nitrogens with zero attached hydrogens (tertiary/aromatic N) is 1. The predicted molar refractivity (Wildman–Crippen MR) is 75.1 cm³/mol.